The van der Waals surface area contributed by atoms with Crippen molar-refractivity contribution in [3.05, 3.63) is 35.2 Å². The third-order valence-corrected chi connectivity index (χ3v) is 3.85. The molecule has 0 bridgehead atoms. The number of fused-ring (bicyclic) bond motifs is 1. The zero-order chi connectivity index (χ0) is 11.9. The summed E-state index contributed by atoms with van der Waals surface area (Å²) in [5.74, 6) is 0. The first-order valence-electron chi connectivity index (χ1n) is 6.28. The molecule has 2 N–H and O–H groups in total. The molecule has 0 spiro atoms. The quantitative estimate of drug-likeness (QED) is 0.736. The molecule has 0 atom stereocenters. The topological polar surface area (TPSA) is 24.1 Å². The molecule has 0 amide bonds. The van der Waals surface area contributed by atoms with Gasteiger partial charge in [-0.15, -0.1) is 11.3 Å². The average Bonchev–Trinajstić information content (AvgIpc) is 2.77. The summed E-state index contributed by atoms with van der Waals surface area (Å²) in [4.78, 5) is 0. The van der Waals surface area contributed by atoms with Gasteiger partial charge in [-0.05, 0) is 48.5 Å². The van der Waals surface area contributed by atoms with E-state index in [1.54, 1.807) is 0 Å². The van der Waals surface area contributed by atoms with Gasteiger partial charge < -0.3 is 10.6 Å². The van der Waals surface area contributed by atoms with Crippen LogP contribution in [0.2, 0.25) is 0 Å². The maximum atomic E-state index is 3.51. The fraction of sp³-hybridized carbons (Fsp3) is 0.429. The third kappa shape index (κ3) is 3.53. The minimum absolute atomic E-state index is 0.982. The first-order chi connectivity index (χ1) is 8.42. The molecule has 0 aliphatic heterocycles. The number of benzene rings is 1. The summed E-state index contributed by atoms with van der Waals surface area (Å²) in [6.07, 6.45) is 1.19. The van der Waals surface area contributed by atoms with Crippen LogP contribution >= 0.6 is 11.3 Å². The van der Waals surface area contributed by atoms with Crippen LogP contribution in [0.25, 0.3) is 10.1 Å². The predicted molar refractivity (Wildman–Crippen MR) is 76.7 cm³/mol. The van der Waals surface area contributed by atoms with E-state index in [2.05, 4.69) is 47.2 Å². The normalized spacial score (nSPS) is 11.1. The Morgan fingerprint density at radius 3 is 2.82 bits per heavy atom. The lowest BCUT2D eigenvalue weighted by molar-refractivity contribution is 0.608. The molecule has 0 aliphatic carbocycles. The molecule has 17 heavy (non-hydrogen) atoms. The SMILES string of the molecule is CCNCCCNCc1csc2ccccc12. The Morgan fingerprint density at radius 2 is 1.94 bits per heavy atom. The lowest BCUT2D eigenvalue weighted by Crippen LogP contribution is -2.21. The molecular formula is C14H20N2S. The Morgan fingerprint density at radius 1 is 1.12 bits per heavy atom. The minimum atomic E-state index is 0.982. The fourth-order valence-corrected chi connectivity index (χ4v) is 2.87. The van der Waals surface area contributed by atoms with Gasteiger partial charge in [0.1, 0.15) is 0 Å². The Balaban J connectivity index is 1.79. The van der Waals surface area contributed by atoms with Crippen LogP contribution in [0.3, 0.4) is 0 Å². The van der Waals surface area contributed by atoms with Gasteiger partial charge in [-0.1, -0.05) is 25.1 Å². The van der Waals surface area contributed by atoms with E-state index in [-0.39, 0.29) is 0 Å². The molecule has 2 rings (SSSR count). The smallest absolute Gasteiger partial charge is 0.0346 e. The van der Waals surface area contributed by atoms with E-state index in [0.29, 0.717) is 0 Å². The van der Waals surface area contributed by atoms with Crippen molar-refractivity contribution in [1.29, 1.82) is 0 Å². The van der Waals surface area contributed by atoms with Gasteiger partial charge in [-0.3, -0.25) is 0 Å². The Kier molecular flexibility index (Phi) is 4.98. The highest BCUT2D eigenvalue weighted by atomic mass is 32.1. The monoisotopic (exact) mass is 248 g/mol. The van der Waals surface area contributed by atoms with Crippen LogP contribution in [-0.4, -0.2) is 19.6 Å². The predicted octanol–water partition coefficient (Wildman–Crippen LogP) is 2.99. The van der Waals surface area contributed by atoms with Gasteiger partial charge in [0.15, 0.2) is 0 Å². The maximum Gasteiger partial charge on any atom is 0.0346 e. The molecule has 0 fully saturated rings. The van der Waals surface area contributed by atoms with Crippen LogP contribution < -0.4 is 10.6 Å². The maximum absolute atomic E-state index is 3.51. The van der Waals surface area contributed by atoms with Gasteiger partial charge in [0.2, 0.25) is 0 Å². The molecule has 0 unspecified atom stereocenters. The Bertz CT molecular complexity index is 450. The molecule has 92 valence electrons. The van der Waals surface area contributed by atoms with Crippen molar-refractivity contribution < 1.29 is 0 Å². The molecule has 1 aromatic carbocycles. The minimum Gasteiger partial charge on any atom is -0.317 e. The average molecular weight is 248 g/mol. The summed E-state index contributed by atoms with van der Waals surface area (Å²) in [5, 5.41) is 10.5. The van der Waals surface area contributed by atoms with Gasteiger partial charge in [-0.2, -0.15) is 0 Å². The molecule has 0 saturated carbocycles. The number of rotatable bonds is 7. The largest absolute Gasteiger partial charge is 0.317 e. The van der Waals surface area contributed by atoms with E-state index >= 15 is 0 Å². The number of thiophene rings is 1. The van der Waals surface area contributed by atoms with Gasteiger partial charge in [0, 0.05) is 11.2 Å². The third-order valence-electron chi connectivity index (χ3n) is 2.83. The van der Waals surface area contributed by atoms with Crippen molar-refractivity contribution in [2.45, 2.75) is 19.9 Å². The highest BCUT2D eigenvalue weighted by Gasteiger charge is 2.01. The van der Waals surface area contributed by atoms with Gasteiger partial charge in [0.05, 0.1) is 0 Å². The van der Waals surface area contributed by atoms with E-state index in [9.17, 15) is 0 Å². The molecule has 1 aromatic heterocycles. The van der Waals surface area contributed by atoms with Crippen LogP contribution in [0.4, 0.5) is 0 Å². The number of hydrogen-bond donors (Lipinski definition) is 2. The molecule has 3 heteroatoms. The first kappa shape index (κ1) is 12.6. The van der Waals surface area contributed by atoms with Crippen molar-refractivity contribution in [3.63, 3.8) is 0 Å². The van der Waals surface area contributed by atoms with Crippen molar-refractivity contribution >= 4 is 21.4 Å². The number of nitrogens with one attached hydrogen (secondary N) is 2. The molecule has 0 aliphatic rings. The Labute approximate surface area is 107 Å². The first-order valence-corrected chi connectivity index (χ1v) is 7.16. The summed E-state index contributed by atoms with van der Waals surface area (Å²) >= 11 is 1.83. The standard InChI is InChI=1S/C14H20N2S/c1-2-15-8-5-9-16-10-12-11-17-14-7-4-3-6-13(12)14/h3-4,6-7,11,15-16H,2,5,8-10H2,1H3. The van der Waals surface area contributed by atoms with Crippen LogP contribution in [0.15, 0.2) is 29.6 Å². The fourth-order valence-electron chi connectivity index (χ4n) is 1.91. The summed E-state index contributed by atoms with van der Waals surface area (Å²) in [6.45, 7) is 6.38. The molecular weight excluding hydrogens is 228 g/mol. The van der Waals surface area contributed by atoms with E-state index < -0.39 is 0 Å². The van der Waals surface area contributed by atoms with E-state index in [4.69, 9.17) is 0 Å². The second-order valence-electron chi connectivity index (χ2n) is 4.14. The lowest BCUT2D eigenvalue weighted by Gasteiger charge is -2.04. The molecule has 0 radical (unpaired) electrons. The summed E-state index contributed by atoms with van der Waals surface area (Å²) < 4.78 is 1.39. The van der Waals surface area contributed by atoms with Gasteiger partial charge >= 0.3 is 0 Å². The molecule has 2 nitrogen and oxygen atoms in total. The summed E-state index contributed by atoms with van der Waals surface area (Å²) in [5.41, 5.74) is 1.43. The number of hydrogen-bond acceptors (Lipinski definition) is 3. The van der Waals surface area contributed by atoms with Crippen molar-refractivity contribution in [1.82, 2.24) is 10.6 Å². The van der Waals surface area contributed by atoms with Crippen LogP contribution in [0.1, 0.15) is 18.9 Å². The molecule has 2 aromatic rings. The second kappa shape index (κ2) is 6.74. The lowest BCUT2D eigenvalue weighted by atomic mass is 10.2. The van der Waals surface area contributed by atoms with Crippen molar-refractivity contribution in [3.8, 4) is 0 Å². The second-order valence-corrected chi connectivity index (χ2v) is 5.05. The van der Waals surface area contributed by atoms with Crippen LogP contribution in [0, 0.1) is 0 Å². The summed E-state index contributed by atoms with van der Waals surface area (Å²) in [7, 11) is 0. The van der Waals surface area contributed by atoms with Crippen molar-refractivity contribution in [2.75, 3.05) is 19.6 Å². The van der Waals surface area contributed by atoms with E-state index in [1.165, 1.54) is 22.1 Å². The van der Waals surface area contributed by atoms with Crippen molar-refractivity contribution in [2.24, 2.45) is 0 Å². The van der Waals surface area contributed by atoms with E-state index in [0.717, 1.165) is 26.2 Å². The molecule has 0 saturated heterocycles. The zero-order valence-corrected chi connectivity index (χ0v) is 11.1. The molecule has 1 heterocycles. The van der Waals surface area contributed by atoms with E-state index in [1.807, 2.05) is 11.3 Å². The van der Waals surface area contributed by atoms with Gasteiger partial charge in [0.25, 0.3) is 0 Å². The summed E-state index contributed by atoms with van der Waals surface area (Å²) in [6, 6.07) is 8.62. The highest BCUT2D eigenvalue weighted by Crippen LogP contribution is 2.25. The van der Waals surface area contributed by atoms with Crippen LogP contribution in [0.5, 0.6) is 0 Å². The Hall–Kier alpha value is -0.900. The van der Waals surface area contributed by atoms with Gasteiger partial charge in [-0.25, -0.2) is 0 Å². The highest BCUT2D eigenvalue weighted by molar-refractivity contribution is 7.17. The zero-order valence-electron chi connectivity index (χ0n) is 10.3. The van der Waals surface area contributed by atoms with Crippen LogP contribution in [-0.2, 0) is 6.54 Å².